The molecule has 43 heavy (non-hydrogen) atoms. The Balaban J connectivity index is 0.00000169. The molecule has 6 nitrogen and oxygen atoms in total. The number of amides is 2. The SMILES string of the molecule is CC1CCC(c2cccc(NC(=O)Nc3cnc4ccccc4c3)c2)(N2CCNCC2c2ccc(F)cc2)CC1.Cl.Cl.Cl. The summed E-state index contributed by atoms with van der Waals surface area (Å²) in [7, 11) is 0. The number of rotatable bonds is 5. The molecule has 6 rings (SSSR count). The van der Waals surface area contributed by atoms with Crippen molar-refractivity contribution in [2.24, 2.45) is 5.92 Å². The highest BCUT2D eigenvalue weighted by molar-refractivity contribution is 6.00. The fraction of sp³-hybridized carbons (Fsp3) is 0.333. The number of para-hydroxylation sites is 1. The first-order valence-electron chi connectivity index (χ1n) is 14.3. The number of hydrogen-bond acceptors (Lipinski definition) is 4. The van der Waals surface area contributed by atoms with Gasteiger partial charge in [0.05, 0.1) is 17.4 Å². The third-order valence-corrected chi connectivity index (χ3v) is 8.66. The fourth-order valence-corrected chi connectivity index (χ4v) is 6.50. The average Bonchev–Trinajstić information content (AvgIpc) is 2.98. The van der Waals surface area contributed by atoms with Gasteiger partial charge in [-0.05, 0) is 79.1 Å². The van der Waals surface area contributed by atoms with Gasteiger partial charge in [-0.25, -0.2) is 9.18 Å². The molecule has 1 aromatic heterocycles. The van der Waals surface area contributed by atoms with Crippen LogP contribution in [0.25, 0.3) is 10.9 Å². The Hall–Kier alpha value is -2.94. The lowest BCUT2D eigenvalue weighted by Crippen LogP contribution is -2.57. The van der Waals surface area contributed by atoms with Gasteiger partial charge in [0.1, 0.15) is 5.82 Å². The molecular formula is C33H39Cl3FN5O. The highest BCUT2D eigenvalue weighted by Crippen LogP contribution is 2.48. The molecule has 3 N–H and O–H groups in total. The van der Waals surface area contributed by atoms with Crippen molar-refractivity contribution in [3.63, 3.8) is 0 Å². The van der Waals surface area contributed by atoms with Crippen LogP contribution in [-0.4, -0.2) is 35.5 Å². The van der Waals surface area contributed by atoms with Crippen LogP contribution in [0, 0.1) is 11.7 Å². The molecule has 2 heterocycles. The molecule has 1 atom stereocenters. The van der Waals surface area contributed by atoms with E-state index in [1.54, 1.807) is 18.3 Å². The summed E-state index contributed by atoms with van der Waals surface area (Å²) in [5.41, 5.74) is 4.48. The summed E-state index contributed by atoms with van der Waals surface area (Å²) < 4.78 is 13.8. The summed E-state index contributed by atoms with van der Waals surface area (Å²) in [5.74, 6) is 0.472. The van der Waals surface area contributed by atoms with Gasteiger partial charge < -0.3 is 16.0 Å². The van der Waals surface area contributed by atoms with E-state index in [1.165, 1.54) is 5.56 Å². The lowest BCUT2D eigenvalue weighted by molar-refractivity contribution is -0.0148. The molecule has 1 aliphatic heterocycles. The molecule has 2 fully saturated rings. The molecule has 4 aromatic rings. The van der Waals surface area contributed by atoms with Gasteiger partial charge >= 0.3 is 6.03 Å². The Morgan fingerprint density at radius 3 is 2.42 bits per heavy atom. The maximum absolute atomic E-state index is 13.8. The molecule has 0 radical (unpaired) electrons. The molecule has 1 saturated heterocycles. The number of urea groups is 1. The number of anilines is 2. The van der Waals surface area contributed by atoms with Gasteiger partial charge in [0.15, 0.2) is 0 Å². The maximum atomic E-state index is 13.8. The first-order valence-corrected chi connectivity index (χ1v) is 14.3. The number of carbonyl (C=O) groups is 1. The lowest BCUT2D eigenvalue weighted by Gasteiger charge is -2.53. The van der Waals surface area contributed by atoms with Gasteiger partial charge in [-0.1, -0.05) is 49.4 Å². The van der Waals surface area contributed by atoms with Crippen molar-refractivity contribution in [2.45, 2.75) is 44.2 Å². The number of hydrogen-bond donors (Lipinski definition) is 3. The summed E-state index contributed by atoms with van der Waals surface area (Å²) in [5, 5.41) is 10.5. The van der Waals surface area contributed by atoms with Gasteiger partial charge in [-0.15, -0.1) is 37.2 Å². The molecule has 230 valence electrons. The largest absolute Gasteiger partial charge is 0.323 e. The normalized spacial score (nSPS) is 21.9. The van der Waals surface area contributed by atoms with Gasteiger partial charge in [0, 0.05) is 42.3 Å². The molecule has 2 aliphatic rings. The first-order chi connectivity index (χ1) is 19.5. The number of benzene rings is 3. The second-order valence-electron chi connectivity index (χ2n) is 11.3. The summed E-state index contributed by atoms with van der Waals surface area (Å²) >= 11 is 0. The molecule has 10 heteroatoms. The minimum absolute atomic E-state index is 0. The van der Waals surface area contributed by atoms with E-state index >= 15 is 0 Å². The predicted molar refractivity (Wildman–Crippen MR) is 181 cm³/mol. The highest BCUT2D eigenvalue weighted by atomic mass is 35.5. The minimum Gasteiger partial charge on any atom is -0.314 e. The van der Waals surface area contributed by atoms with Crippen LogP contribution in [0.3, 0.4) is 0 Å². The molecule has 1 unspecified atom stereocenters. The molecule has 3 aromatic carbocycles. The second-order valence-corrected chi connectivity index (χ2v) is 11.3. The van der Waals surface area contributed by atoms with E-state index in [4.69, 9.17) is 0 Å². The van der Waals surface area contributed by atoms with Gasteiger partial charge in [0.25, 0.3) is 0 Å². The quantitative estimate of drug-likeness (QED) is 0.204. The van der Waals surface area contributed by atoms with Crippen molar-refractivity contribution in [1.82, 2.24) is 15.2 Å². The van der Waals surface area contributed by atoms with Crippen LogP contribution in [0.1, 0.15) is 49.8 Å². The molecule has 1 aliphatic carbocycles. The Morgan fingerprint density at radius 1 is 0.930 bits per heavy atom. The number of halogens is 4. The molecular weight excluding hydrogens is 608 g/mol. The van der Waals surface area contributed by atoms with Crippen LogP contribution < -0.4 is 16.0 Å². The Kier molecular flexibility index (Phi) is 12.2. The Labute approximate surface area is 271 Å². The van der Waals surface area contributed by atoms with Gasteiger partial charge in [-0.2, -0.15) is 0 Å². The zero-order chi connectivity index (χ0) is 27.5. The van der Waals surface area contributed by atoms with Crippen molar-refractivity contribution < 1.29 is 9.18 Å². The van der Waals surface area contributed by atoms with Crippen LogP contribution >= 0.6 is 37.2 Å². The average molecular weight is 647 g/mol. The molecule has 0 spiro atoms. The summed E-state index contributed by atoms with van der Waals surface area (Å²) in [6.07, 6.45) is 6.06. The number of aromatic nitrogens is 1. The van der Waals surface area contributed by atoms with Gasteiger partial charge in [-0.3, -0.25) is 9.88 Å². The minimum atomic E-state index is -0.299. The van der Waals surface area contributed by atoms with Crippen molar-refractivity contribution >= 4 is 65.5 Å². The number of nitrogens with one attached hydrogen (secondary N) is 3. The van der Waals surface area contributed by atoms with Crippen LogP contribution in [0.15, 0.2) is 85.1 Å². The van der Waals surface area contributed by atoms with Crippen LogP contribution in [-0.2, 0) is 5.54 Å². The highest BCUT2D eigenvalue weighted by Gasteiger charge is 2.45. The van der Waals surface area contributed by atoms with Crippen molar-refractivity contribution in [3.8, 4) is 0 Å². The van der Waals surface area contributed by atoms with Gasteiger partial charge in [0.2, 0.25) is 0 Å². The predicted octanol–water partition coefficient (Wildman–Crippen LogP) is 8.34. The fourth-order valence-electron chi connectivity index (χ4n) is 6.50. The third-order valence-electron chi connectivity index (χ3n) is 8.66. The van der Waals surface area contributed by atoms with E-state index in [0.29, 0.717) is 11.6 Å². The van der Waals surface area contributed by atoms with Crippen LogP contribution in [0.2, 0.25) is 0 Å². The second kappa shape index (κ2) is 15.2. The van der Waals surface area contributed by atoms with Crippen molar-refractivity contribution in [1.29, 1.82) is 0 Å². The monoisotopic (exact) mass is 645 g/mol. The Bertz CT molecular complexity index is 1500. The number of fused-ring (bicyclic) bond motifs is 1. The van der Waals surface area contributed by atoms with E-state index < -0.39 is 0 Å². The molecule has 2 amide bonds. The van der Waals surface area contributed by atoms with Crippen molar-refractivity contribution in [2.75, 3.05) is 30.3 Å². The first kappa shape index (κ1) is 34.5. The lowest BCUT2D eigenvalue weighted by atomic mass is 9.71. The van der Waals surface area contributed by atoms with Crippen molar-refractivity contribution in [3.05, 3.63) is 102 Å². The summed E-state index contributed by atoms with van der Waals surface area (Å²) in [4.78, 5) is 20.1. The van der Waals surface area contributed by atoms with E-state index in [-0.39, 0.29) is 60.7 Å². The third kappa shape index (κ3) is 7.59. The summed E-state index contributed by atoms with van der Waals surface area (Å²) in [6, 6.07) is 24.9. The topological polar surface area (TPSA) is 69.3 Å². The van der Waals surface area contributed by atoms with E-state index in [1.807, 2.05) is 54.6 Å². The Morgan fingerprint density at radius 2 is 1.65 bits per heavy atom. The smallest absolute Gasteiger partial charge is 0.314 e. The van der Waals surface area contributed by atoms with E-state index in [0.717, 1.165) is 67.5 Å². The number of carbonyl (C=O) groups excluding carboxylic acids is 1. The number of nitrogens with zero attached hydrogens (tertiary/aromatic N) is 2. The number of pyridine rings is 1. The number of piperazine rings is 1. The standard InChI is InChI=1S/C33H36FN5O.3ClH/c1-23-13-15-33(16-14-23,39-18-17-35-22-31(39)24-9-11-27(34)12-10-24)26-6-4-7-28(20-26)37-32(40)38-29-19-25-5-2-3-8-30(25)36-21-29;;;/h2-12,19-21,23,31,35H,13-18,22H2,1H3,(H2,37,38,40);3*1H. The maximum Gasteiger partial charge on any atom is 0.323 e. The summed E-state index contributed by atoms with van der Waals surface area (Å²) in [6.45, 7) is 4.98. The molecule has 1 saturated carbocycles. The van der Waals surface area contributed by atoms with E-state index in [2.05, 4.69) is 44.9 Å². The zero-order valence-corrected chi connectivity index (χ0v) is 26.5. The molecule has 0 bridgehead atoms. The van der Waals surface area contributed by atoms with E-state index in [9.17, 15) is 9.18 Å². The zero-order valence-electron chi connectivity index (χ0n) is 24.1. The van der Waals surface area contributed by atoms with Crippen LogP contribution in [0.5, 0.6) is 0 Å². The van der Waals surface area contributed by atoms with Crippen LogP contribution in [0.4, 0.5) is 20.6 Å².